The number of nitrogens with zero attached hydrogens (tertiary/aromatic N) is 5. The first-order valence-corrected chi connectivity index (χ1v) is 7.86. The second-order valence-electron chi connectivity index (χ2n) is 6.28. The van der Waals surface area contributed by atoms with Gasteiger partial charge in [-0.1, -0.05) is 0 Å². The maximum Gasteiger partial charge on any atom is 0.303 e. The second kappa shape index (κ2) is 5.23. The van der Waals surface area contributed by atoms with Crippen molar-refractivity contribution in [3.8, 4) is 0 Å². The predicted octanol–water partition coefficient (Wildman–Crippen LogP) is 1.85. The molecule has 1 saturated heterocycles. The van der Waals surface area contributed by atoms with Crippen molar-refractivity contribution >= 4 is 23.0 Å². The number of fused-ring (bicyclic) bond motifs is 1. The van der Waals surface area contributed by atoms with Crippen LogP contribution in [-0.2, 0) is 4.79 Å². The fraction of sp³-hybridized carbons (Fsp3) is 0.600. The molecule has 2 fully saturated rings. The van der Waals surface area contributed by atoms with Gasteiger partial charge in [0.05, 0.1) is 6.33 Å². The lowest BCUT2D eigenvalue weighted by Crippen LogP contribution is -2.35. The fourth-order valence-electron chi connectivity index (χ4n) is 3.29. The molecule has 0 radical (unpaired) electrons. The van der Waals surface area contributed by atoms with Crippen molar-refractivity contribution in [3.05, 3.63) is 12.7 Å². The van der Waals surface area contributed by atoms with E-state index in [1.54, 1.807) is 6.33 Å². The van der Waals surface area contributed by atoms with Crippen molar-refractivity contribution in [1.29, 1.82) is 0 Å². The number of hydrogen-bond donors (Lipinski definition) is 1. The highest BCUT2D eigenvalue weighted by Gasteiger charge is 2.28. The van der Waals surface area contributed by atoms with Crippen LogP contribution in [0.3, 0.4) is 0 Å². The molecule has 0 unspecified atom stereocenters. The van der Waals surface area contributed by atoms with E-state index in [1.807, 2.05) is 6.33 Å². The van der Waals surface area contributed by atoms with Crippen LogP contribution in [-0.4, -0.2) is 43.7 Å². The van der Waals surface area contributed by atoms with Gasteiger partial charge in [-0.15, -0.1) is 0 Å². The predicted molar refractivity (Wildman–Crippen MR) is 80.8 cm³/mol. The van der Waals surface area contributed by atoms with E-state index in [0.717, 1.165) is 42.9 Å². The summed E-state index contributed by atoms with van der Waals surface area (Å²) in [6.07, 6.45) is 7.93. The molecule has 0 amide bonds. The average molecular weight is 301 g/mol. The summed E-state index contributed by atoms with van der Waals surface area (Å²) >= 11 is 0. The van der Waals surface area contributed by atoms with Crippen molar-refractivity contribution in [1.82, 2.24) is 19.5 Å². The number of imidazole rings is 1. The molecule has 0 spiro atoms. The number of carbonyl (C=O) groups is 1. The van der Waals surface area contributed by atoms with Crippen LogP contribution < -0.4 is 4.90 Å². The normalized spacial score (nSPS) is 19.7. The number of aliphatic carboxylic acids is 1. The Labute approximate surface area is 128 Å². The molecule has 0 bridgehead atoms. The van der Waals surface area contributed by atoms with Crippen LogP contribution in [0.2, 0.25) is 0 Å². The highest BCUT2D eigenvalue weighted by molar-refractivity contribution is 5.83. The number of carboxylic acids is 1. The van der Waals surface area contributed by atoms with Gasteiger partial charge in [0.15, 0.2) is 17.0 Å². The summed E-state index contributed by atoms with van der Waals surface area (Å²) in [4.78, 5) is 26.4. The first-order valence-electron chi connectivity index (χ1n) is 7.86. The number of aromatic nitrogens is 4. The van der Waals surface area contributed by atoms with Gasteiger partial charge in [0.1, 0.15) is 6.33 Å². The van der Waals surface area contributed by atoms with Crippen LogP contribution >= 0.6 is 0 Å². The summed E-state index contributed by atoms with van der Waals surface area (Å²) in [6.45, 7) is 1.67. The van der Waals surface area contributed by atoms with E-state index in [4.69, 9.17) is 5.11 Å². The van der Waals surface area contributed by atoms with E-state index in [1.165, 1.54) is 12.8 Å². The van der Waals surface area contributed by atoms with Crippen LogP contribution in [0.5, 0.6) is 0 Å². The van der Waals surface area contributed by atoms with E-state index < -0.39 is 5.97 Å². The molecule has 1 aliphatic carbocycles. The number of hydrogen-bond acceptors (Lipinski definition) is 5. The van der Waals surface area contributed by atoms with E-state index >= 15 is 0 Å². The Kier molecular flexibility index (Phi) is 3.20. The molecule has 2 aliphatic rings. The summed E-state index contributed by atoms with van der Waals surface area (Å²) in [5.74, 6) is 0.458. The Morgan fingerprint density at radius 1 is 1.18 bits per heavy atom. The Bertz CT molecular complexity index is 701. The quantitative estimate of drug-likeness (QED) is 0.928. The van der Waals surface area contributed by atoms with Crippen LogP contribution in [0.4, 0.5) is 5.82 Å². The van der Waals surface area contributed by atoms with Crippen molar-refractivity contribution < 1.29 is 9.90 Å². The van der Waals surface area contributed by atoms with Gasteiger partial charge >= 0.3 is 5.97 Å². The topological polar surface area (TPSA) is 84.1 Å². The summed E-state index contributed by atoms with van der Waals surface area (Å²) in [5, 5.41) is 8.90. The number of carboxylic acid groups (broad SMARTS) is 1. The third-order valence-corrected chi connectivity index (χ3v) is 4.66. The molecular weight excluding hydrogens is 282 g/mol. The van der Waals surface area contributed by atoms with Crippen LogP contribution in [0.25, 0.3) is 11.2 Å². The lowest BCUT2D eigenvalue weighted by atomic mass is 9.93. The molecule has 7 heteroatoms. The molecule has 1 aliphatic heterocycles. The zero-order valence-corrected chi connectivity index (χ0v) is 12.4. The molecule has 2 aromatic rings. The number of anilines is 1. The van der Waals surface area contributed by atoms with Gasteiger partial charge in [-0.3, -0.25) is 4.79 Å². The van der Waals surface area contributed by atoms with E-state index in [0.29, 0.717) is 6.04 Å². The van der Waals surface area contributed by atoms with Gasteiger partial charge in [0.25, 0.3) is 0 Å². The van der Waals surface area contributed by atoms with E-state index in [9.17, 15) is 4.79 Å². The molecule has 2 aromatic heterocycles. The highest BCUT2D eigenvalue weighted by atomic mass is 16.4. The van der Waals surface area contributed by atoms with Crippen molar-refractivity contribution in [3.63, 3.8) is 0 Å². The standard InChI is InChI=1S/C15H19N5O2/c21-12(22)7-10-3-5-19(6-4-10)14-13-15(17-8-16-14)20(9-18-13)11-1-2-11/h8-11H,1-7H2,(H,21,22). The first kappa shape index (κ1) is 13.5. The molecular formula is C15H19N5O2. The number of piperidine rings is 1. The monoisotopic (exact) mass is 301 g/mol. The first-order chi connectivity index (χ1) is 10.7. The SMILES string of the molecule is O=C(O)CC1CCN(c2ncnc3c2ncn3C2CC2)CC1. The summed E-state index contributed by atoms with van der Waals surface area (Å²) < 4.78 is 2.15. The molecule has 116 valence electrons. The molecule has 0 aromatic carbocycles. The van der Waals surface area contributed by atoms with Gasteiger partial charge in [0.2, 0.25) is 0 Å². The highest BCUT2D eigenvalue weighted by Crippen LogP contribution is 2.37. The molecule has 1 saturated carbocycles. The zero-order chi connectivity index (χ0) is 15.1. The van der Waals surface area contributed by atoms with Gasteiger partial charge in [-0.2, -0.15) is 0 Å². The van der Waals surface area contributed by atoms with Crippen molar-refractivity contribution in [2.45, 2.75) is 38.1 Å². The third kappa shape index (κ3) is 2.40. The van der Waals surface area contributed by atoms with Crippen molar-refractivity contribution in [2.24, 2.45) is 5.92 Å². The largest absolute Gasteiger partial charge is 0.481 e. The van der Waals surface area contributed by atoms with Crippen LogP contribution in [0.15, 0.2) is 12.7 Å². The van der Waals surface area contributed by atoms with Gasteiger partial charge in [-0.05, 0) is 31.6 Å². The molecule has 22 heavy (non-hydrogen) atoms. The van der Waals surface area contributed by atoms with Gasteiger partial charge in [0, 0.05) is 25.6 Å². The zero-order valence-electron chi connectivity index (χ0n) is 12.4. The minimum Gasteiger partial charge on any atom is -0.481 e. The lowest BCUT2D eigenvalue weighted by Gasteiger charge is -2.32. The number of rotatable bonds is 4. The smallest absolute Gasteiger partial charge is 0.303 e. The van der Waals surface area contributed by atoms with Crippen LogP contribution in [0.1, 0.15) is 38.1 Å². The van der Waals surface area contributed by atoms with Crippen LogP contribution in [0, 0.1) is 5.92 Å². The molecule has 0 atom stereocenters. The average Bonchev–Trinajstić information content (AvgIpc) is 3.26. The van der Waals surface area contributed by atoms with Crippen molar-refractivity contribution in [2.75, 3.05) is 18.0 Å². The van der Waals surface area contributed by atoms with Gasteiger partial charge in [-0.25, -0.2) is 15.0 Å². The third-order valence-electron chi connectivity index (χ3n) is 4.66. The Morgan fingerprint density at radius 3 is 2.64 bits per heavy atom. The Morgan fingerprint density at radius 2 is 1.95 bits per heavy atom. The summed E-state index contributed by atoms with van der Waals surface area (Å²) in [5.41, 5.74) is 1.78. The maximum absolute atomic E-state index is 10.8. The molecule has 1 N–H and O–H groups in total. The minimum atomic E-state index is -0.703. The minimum absolute atomic E-state index is 0.267. The molecule has 3 heterocycles. The Hall–Kier alpha value is -2.18. The summed E-state index contributed by atoms with van der Waals surface area (Å²) in [6, 6.07) is 0.550. The molecule has 7 nitrogen and oxygen atoms in total. The Balaban J connectivity index is 1.56. The summed E-state index contributed by atoms with van der Waals surface area (Å²) in [7, 11) is 0. The van der Waals surface area contributed by atoms with E-state index in [-0.39, 0.29) is 12.3 Å². The molecule has 4 rings (SSSR count). The second-order valence-corrected chi connectivity index (χ2v) is 6.28. The maximum atomic E-state index is 10.8. The lowest BCUT2D eigenvalue weighted by molar-refractivity contribution is -0.138. The van der Waals surface area contributed by atoms with Gasteiger partial charge < -0.3 is 14.6 Å². The fourth-order valence-corrected chi connectivity index (χ4v) is 3.29. The van der Waals surface area contributed by atoms with E-state index in [2.05, 4.69) is 24.4 Å².